The molecule has 208 valence electrons. The number of aromatic nitrogens is 1. The van der Waals surface area contributed by atoms with Gasteiger partial charge in [0.05, 0.1) is 19.2 Å². The first-order valence-electron chi connectivity index (χ1n) is 14.2. The van der Waals surface area contributed by atoms with Crippen LogP contribution in [0.5, 0.6) is 0 Å². The quantitative estimate of drug-likeness (QED) is 0.112. The van der Waals surface area contributed by atoms with Gasteiger partial charge in [0.15, 0.2) is 0 Å². The molecule has 6 rings (SSSR count). The van der Waals surface area contributed by atoms with Crippen LogP contribution in [0.25, 0.3) is 27.9 Å². The highest BCUT2D eigenvalue weighted by Crippen LogP contribution is 2.48. The Morgan fingerprint density at radius 1 is 0.738 bits per heavy atom. The summed E-state index contributed by atoms with van der Waals surface area (Å²) >= 11 is 0. The second-order valence-corrected chi connectivity index (χ2v) is 13.3. The number of para-hydroxylation sites is 1. The molecule has 0 amide bonds. The Morgan fingerprint density at radius 3 is 1.81 bits per heavy atom. The SMILES string of the molecule is CCOC(=O)/C(=C/c1ccc2c3ccccc3n(C)c2c1C)N=P(c1ccccc1)(c1ccccc1)c1ccccc1. The summed E-state index contributed by atoms with van der Waals surface area (Å²) in [6.07, 6.45) is 1.91. The van der Waals surface area contributed by atoms with Crippen molar-refractivity contribution in [2.24, 2.45) is 11.8 Å². The number of hydrogen-bond donors (Lipinski definition) is 0. The largest absolute Gasteiger partial charge is 0.461 e. The first kappa shape index (κ1) is 27.5. The minimum absolute atomic E-state index is 0.264. The Morgan fingerprint density at radius 2 is 1.26 bits per heavy atom. The maximum Gasteiger partial charge on any atom is 0.356 e. The lowest BCUT2D eigenvalue weighted by molar-refractivity contribution is -0.138. The van der Waals surface area contributed by atoms with Gasteiger partial charge in [-0.15, -0.1) is 0 Å². The highest BCUT2D eigenvalue weighted by molar-refractivity contribution is 7.87. The average molecular weight is 569 g/mol. The van der Waals surface area contributed by atoms with Crippen LogP contribution >= 0.6 is 7.05 Å². The van der Waals surface area contributed by atoms with E-state index in [0.717, 1.165) is 32.6 Å². The van der Waals surface area contributed by atoms with Gasteiger partial charge in [-0.1, -0.05) is 121 Å². The van der Waals surface area contributed by atoms with Crippen LogP contribution in [0.3, 0.4) is 0 Å². The number of hydrogen-bond acceptors (Lipinski definition) is 3. The fraction of sp³-hybridized carbons (Fsp3) is 0.108. The summed E-state index contributed by atoms with van der Waals surface area (Å²) in [6, 6.07) is 43.7. The fourth-order valence-corrected chi connectivity index (χ4v) is 9.34. The van der Waals surface area contributed by atoms with E-state index in [0.29, 0.717) is 5.70 Å². The molecule has 0 aliphatic carbocycles. The van der Waals surface area contributed by atoms with Gasteiger partial charge in [0, 0.05) is 39.3 Å². The molecule has 0 aliphatic rings. The third-order valence-corrected chi connectivity index (χ3v) is 11.4. The summed E-state index contributed by atoms with van der Waals surface area (Å²) in [4.78, 5) is 13.7. The van der Waals surface area contributed by atoms with Crippen LogP contribution in [0.2, 0.25) is 0 Å². The van der Waals surface area contributed by atoms with Gasteiger partial charge in [-0.05, 0) is 37.1 Å². The first-order chi connectivity index (χ1) is 20.5. The van der Waals surface area contributed by atoms with E-state index in [2.05, 4.69) is 91.3 Å². The summed E-state index contributed by atoms with van der Waals surface area (Å²) < 4.78 is 13.4. The van der Waals surface area contributed by atoms with Crippen molar-refractivity contribution in [3.63, 3.8) is 0 Å². The van der Waals surface area contributed by atoms with Crippen LogP contribution in [0.15, 0.2) is 138 Å². The second-order valence-electron chi connectivity index (χ2n) is 10.2. The van der Waals surface area contributed by atoms with Crippen molar-refractivity contribution < 1.29 is 9.53 Å². The lowest BCUT2D eigenvalue weighted by atomic mass is 10.0. The Bertz CT molecular complexity index is 1870. The molecule has 0 N–H and O–H groups in total. The van der Waals surface area contributed by atoms with E-state index in [1.807, 2.05) is 67.6 Å². The average Bonchev–Trinajstić information content (AvgIpc) is 3.34. The molecular formula is C37H33N2O2P. The number of carbonyl (C=O) groups excluding carboxylic acids is 1. The van der Waals surface area contributed by atoms with E-state index in [1.54, 1.807) is 0 Å². The Labute approximate surface area is 247 Å². The highest BCUT2D eigenvalue weighted by Gasteiger charge is 2.29. The van der Waals surface area contributed by atoms with Crippen molar-refractivity contribution in [3.05, 3.63) is 144 Å². The van der Waals surface area contributed by atoms with Crippen molar-refractivity contribution in [1.82, 2.24) is 4.57 Å². The van der Waals surface area contributed by atoms with Gasteiger partial charge in [0.1, 0.15) is 5.70 Å². The summed E-state index contributed by atoms with van der Waals surface area (Å²) in [6.45, 7) is 4.21. The molecule has 5 heteroatoms. The lowest BCUT2D eigenvalue weighted by Crippen LogP contribution is -2.26. The van der Waals surface area contributed by atoms with Gasteiger partial charge in [0.25, 0.3) is 0 Å². The number of esters is 1. The molecule has 0 aliphatic heterocycles. The van der Waals surface area contributed by atoms with Crippen LogP contribution in [0, 0.1) is 6.92 Å². The Kier molecular flexibility index (Phi) is 7.65. The predicted molar refractivity (Wildman–Crippen MR) is 177 cm³/mol. The van der Waals surface area contributed by atoms with E-state index >= 15 is 0 Å². The van der Waals surface area contributed by atoms with Crippen molar-refractivity contribution in [3.8, 4) is 0 Å². The molecule has 0 spiro atoms. The summed E-state index contributed by atoms with van der Waals surface area (Å²) in [5, 5.41) is 5.61. The summed E-state index contributed by atoms with van der Waals surface area (Å²) in [7, 11) is -0.574. The molecule has 5 aromatic carbocycles. The number of rotatable bonds is 7. The lowest BCUT2D eigenvalue weighted by Gasteiger charge is -2.27. The van der Waals surface area contributed by atoms with Crippen molar-refractivity contribution >= 4 is 56.8 Å². The molecule has 0 fully saturated rings. The van der Waals surface area contributed by atoms with Gasteiger partial charge < -0.3 is 9.30 Å². The van der Waals surface area contributed by atoms with Crippen molar-refractivity contribution in [2.75, 3.05) is 6.61 Å². The third-order valence-electron chi connectivity index (χ3n) is 7.79. The van der Waals surface area contributed by atoms with Crippen LogP contribution in [0.1, 0.15) is 18.1 Å². The van der Waals surface area contributed by atoms with E-state index < -0.39 is 13.0 Å². The number of ether oxygens (including phenoxy) is 1. The molecule has 1 heterocycles. The predicted octanol–water partition coefficient (Wildman–Crippen LogP) is 7.72. The van der Waals surface area contributed by atoms with Crippen molar-refractivity contribution in [1.29, 1.82) is 0 Å². The monoisotopic (exact) mass is 568 g/mol. The molecule has 0 atom stereocenters. The Hall–Kier alpha value is -4.66. The number of aryl methyl sites for hydroxylation is 2. The van der Waals surface area contributed by atoms with E-state index in [-0.39, 0.29) is 6.61 Å². The molecule has 0 bridgehead atoms. The zero-order valence-electron chi connectivity index (χ0n) is 24.1. The van der Waals surface area contributed by atoms with Crippen LogP contribution in [-0.4, -0.2) is 17.1 Å². The van der Waals surface area contributed by atoms with Gasteiger partial charge in [-0.3, -0.25) is 0 Å². The van der Waals surface area contributed by atoms with Gasteiger partial charge in [0.2, 0.25) is 0 Å². The standard InChI is InChI=1S/C37H33N2O2P/c1-4-41-37(40)34(26-28-24-25-33-32-22-14-15-23-35(32)39(3)36(33)27(28)2)38-42(29-16-8-5-9-17-29,30-18-10-6-11-19-30)31-20-12-7-13-21-31/h5-26H,4H2,1-3H3/b34-26-. The third kappa shape index (κ3) is 4.78. The summed E-state index contributed by atoms with van der Waals surface area (Å²) in [5.41, 5.74) is 4.65. The van der Waals surface area contributed by atoms with Crippen molar-refractivity contribution in [2.45, 2.75) is 13.8 Å². The smallest absolute Gasteiger partial charge is 0.356 e. The normalized spacial score (nSPS) is 12.0. The molecule has 42 heavy (non-hydrogen) atoms. The maximum atomic E-state index is 13.7. The molecule has 1 aromatic heterocycles. The zero-order chi connectivity index (χ0) is 29.1. The van der Waals surface area contributed by atoms with Crippen LogP contribution < -0.4 is 15.9 Å². The Balaban J connectivity index is 1.69. The van der Waals surface area contributed by atoms with Crippen LogP contribution in [0.4, 0.5) is 0 Å². The highest BCUT2D eigenvalue weighted by atomic mass is 31.2. The molecule has 0 saturated carbocycles. The zero-order valence-corrected chi connectivity index (χ0v) is 25.0. The maximum absolute atomic E-state index is 13.7. The van der Waals surface area contributed by atoms with Gasteiger partial charge >= 0.3 is 5.97 Å². The molecule has 4 nitrogen and oxygen atoms in total. The second kappa shape index (κ2) is 11.7. The fourth-order valence-electron chi connectivity index (χ4n) is 5.83. The van der Waals surface area contributed by atoms with Crippen LogP contribution in [-0.2, 0) is 16.6 Å². The minimum atomic E-state index is -2.67. The van der Waals surface area contributed by atoms with Gasteiger partial charge in [-0.25, -0.2) is 9.54 Å². The van der Waals surface area contributed by atoms with Gasteiger partial charge in [-0.2, -0.15) is 0 Å². The number of nitrogens with zero attached hydrogens (tertiary/aromatic N) is 2. The molecular weight excluding hydrogens is 535 g/mol. The van der Waals surface area contributed by atoms with E-state index in [1.165, 1.54) is 16.3 Å². The number of benzene rings is 5. The van der Waals surface area contributed by atoms with E-state index in [9.17, 15) is 4.79 Å². The number of carbonyl (C=O) groups is 1. The topological polar surface area (TPSA) is 43.6 Å². The molecule has 0 unspecified atom stereocenters. The first-order valence-corrected chi connectivity index (χ1v) is 15.9. The molecule has 0 radical (unpaired) electrons. The molecule has 0 saturated heterocycles. The minimum Gasteiger partial charge on any atom is -0.461 e. The van der Waals surface area contributed by atoms with E-state index in [4.69, 9.17) is 9.48 Å². The summed E-state index contributed by atoms with van der Waals surface area (Å²) in [5.74, 6) is -0.429. The molecule has 6 aromatic rings. The number of fused-ring (bicyclic) bond motifs is 3.